The van der Waals surface area contributed by atoms with E-state index in [0.29, 0.717) is 36.8 Å². The minimum atomic E-state index is -4.64. The van der Waals surface area contributed by atoms with Crippen molar-refractivity contribution in [3.8, 4) is 5.75 Å². The van der Waals surface area contributed by atoms with Crippen LogP contribution in [0.15, 0.2) is 24.3 Å². The molecule has 1 fully saturated rings. The third-order valence-corrected chi connectivity index (χ3v) is 6.54. The van der Waals surface area contributed by atoms with Gasteiger partial charge in [-0.25, -0.2) is 9.50 Å². The Labute approximate surface area is 196 Å². The van der Waals surface area contributed by atoms with Crippen LogP contribution in [0.2, 0.25) is 0 Å². The van der Waals surface area contributed by atoms with Gasteiger partial charge >= 0.3 is 6.18 Å². The highest BCUT2D eigenvalue weighted by atomic mass is 19.4. The molecular weight excluding hydrogens is 447 g/mol. The predicted molar refractivity (Wildman–Crippen MR) is 120 cm³/mol. The molecule has 0 saturated carbocycles. The number of hydrogen-bond acceptors (Lipinski definition) is 5. The lowest BCUT2D eigenvalue weighted by Crippen LogP contribution is -2.39. The summed E-state index contributed by atoms with van der Waals surface area (Å²) in [5.41, 5.74) is 3.09. The number of ether oxygens (including phenoxy) is 1. The summed E-state index contributed by atoms with van der Waals surface area (Å²) >= 11 is 0. The molecule has 0 unspecified atom stereocenters. The number of aromatic nitrogens is 4. The van der Waals surface area contributed by atoms with Gasteiger partial charge in [0.05, 0.1) is 7.11 Å². The fraction of sp³-hybridized carbons (Fsp3) is 0.500. The van der Waals surface area contributed by atoms with Crippen LogP contribution >= 0.6 is 0 Å². The molecule has 1 saturated heterocycles. The highest BCUT2D eigenvalue weighted by Crippen LogP contribution is 2.28. The topological polar surface area (TPSA) is 72.6 Å². The van der Waals surface area contributed by atoms with Crippen LogP contribution in [0.4, 0.5) is 13.2 Å². The molecule has 1 aliphatic rings. The molecule has 7 nitrogen and oxygen atoms in total. The number of amides is 1. The molecule has 3 heterocycles. The lowest BCUT2D eigenvalue weighted by Gasteiger charge is -2.32. The van der Waals surface area contributed by atoms with Gasteiger partial charge in [-0.15, -0.1) is 5.10 Å². The summed E-state index contributed by atoms with van der Waals surface area (Å²) in [7, 11) is 1.65. The van der Waals surface area contributed by atoms with E-state index in [1.165, 1.54) is 5.56 Å². The molecule has 4 rings (SSSR count). The van der Waals surface area contributed by atoms with Gasteiger partial charge in [-0.2, -0.15) is 18.2 Å². The zero-order valence-electron chi connectivity index (χ0n) is 19.5. The second-order valence-electron chi connectivity index (χ2n) is 8.78. The Hall–Kier alpha value is -3.17. The maximum Gasteiger partial charge on any atom is 0.453 e. The molecule has 0 radical (unpaired) electrons. The molecule has 1 aliphatic heterocycles. The lowest BCUT2D eigenvalue weighted by molar-refractivity contribution is -0.144. The minimum absolute atomic E-state index is 0.0522. The molecule has 2 aromatic heterocycles. The largest absolute Gasteiger partial charge is 0.497 e. The van der Waals surface area contributed by atoms with E-state index in [0.717, 1.165) is 35.1 Å². The number of hydrogen-bond donors (Lipinski definition) is 0. The van der Waals surface area contributed by atoms with Crippen molar-refractivity contribution in [3.63, 3.8) is 0 Å². The van der Waals surface area contributed by atoms with Gasteiger partial charge in [-0.1, -0.05) is 12.1 Å². The summed E-state index contributed by atoms with van der Waals surface area (Å²) in [6.07, 6.45) is -1.09. The van der Waals surface area contributed by atoms with E-state index >= 15 is 0 Å². The van der Waals surface area contributed by atoms with E-state index < -0.39 is 12.0 Å². The molecule has 0 bridgehead atoms. The molecular formula is C24H28F3N5O2. The number of aryl methyl sites for hydroxylation is 2. The SMILES string of the molecule is COc1ccc(CC2CCN(C(=O)CCc3c(C)nc4nc(C(F)(F)F)nn4c3C)CC2)cc1. The van der Waals surface area contributed by atoms with E-state index in [2.05, 4.69) is 27.2 Å². The number of nitrogens with zero attached hydrogens (tertiary/aromatic N) is 5. The van der Waals surface area contributed by atoms with Crippen molar-refractivity contribution >= 4 is 11.7 Å². The van der Waals surface area contributed by atoms with E-state index in [1.807, 2.05) is 17.0 Å². The number of carbonyl (C=O) groups is 1. The Morgan fingerprint density at radius 3 is 2.41 bits per heavy atom. The number of fused-ring (bicyclic) bond motifs is 1. The molecule has 0 aliphatic carbocycles. The fourth-order valence-electron chi connectivity index (χ4n) is 4.56. The molecule has 1 aromatic carbocycles. The Kier molecular flexibility index (Phi) is 6.77. The summed E-state index contributed by atoms with van der Waals surface area (Å²) in [6.45, 7) is 4.83. The number of methoxy groups -OCH3 is 1. The first-order chi connectivity index (χ1) is 16.2. The average Bonchev–Trinajstić information content (AvgIpc) is 3.25. The maximum absolute atomic E-state index is 13.0. The molecule has 10 heteroatoms. The van der Waals surface area contributed by atoms with Gasteiger partial charge in [0.15, 0.2) is 0 Å². The van der Waals surface area contributed by atoms with Gasteiger partial charge in [-0.3, -0.25) is 4.79 Å². The quantitative estimate of drug-likeness (QED) is 0.535. The summed E-state index contributed by atoms with van der Waals surface area (Å²) in [5, 5.41) is 3.57. The van der Waals surface area contributed by atoms with Crippen molar-refractivity contribution in [2.24, 2.45) is 5.92 Å². The van der Waals surface area contributed by atoms with Crippen molar-refractivity contribution in [2.45, 2.75) is 52.1 Å². The molecule has 0 atom stereocenters. The van der Waals surface area contributed by atoms with Crippen molar-refractivity contribution in [1.82, 2.24) is 24.5 Å². The molecule has 182 valence electrons. The van der Waals surface area contributed by atoms with Crippen LogP contribution in [-0.4, -0.2) is 50.6 Å². The second kappa shape index (κ2) is 9.60. The monoisotopic (exact) mass is 475 g/mol. The Bertz CT molecular complexity index is 1170. The van der Waals surface area contributed by atoms with Crippen LogP contribution in [0.25, 0.3) is 5.78 Å². The second-order valence-corrected chi connectivity index (χ2v) is 8.78. The zero-order valence-corrected chi connectivity index (χ0v) is 19.5. The number of rotatable bonds is 6. The van der Waals surface area contributed by atoms with E-state index in [4.69, 9.17) is 4.74 Å². The minimum Gasteiger partial charge on any atom is -0.497 e. The lowest BCUT2D eigenvalue weighted by atomic mass is 9.90. The van der Waals surface area contributed by atoms with Gasteiger partial charge in [0.1, 0.15) is 5.75 Å². The molecule has 1 amide bonds. The Morgan fingerprint density at radius 2 is 1.79 bits per heavy atom. The van der Waals surface area contributed by atoms with Crippen LogP contribution in [0.1, 0.15) is 47.6 Å². The first-order valence-electron chi connectivity index (χ1n) is 11.4. The molecule has 3 aromatic rings. The summed E-state index contributed by atoms with van der Waals surface area (Å²) in [6, 6.07) is 8.10. The third kappa shape index (κ3) is 5.15. The molecule has 0 N–H and O–H groups in total. The summed E-state index contributed by atoms with van der Waals surface area (Å²) in [5.74, 6) is 0.123. The van der Waals surface area contributed by atoms with Crippen LogP contribution in [0, 0.1) is 19.8 Å². The van der Waals surface area contributed by atoms with Gasteiger partial charge < -0.3 is 9.64 Å². The van der Waals surface area contributed by atoms with E-state index in [-0.39, 0.29) is 18.1 Å². The number of alkyl halides is 3. The average molecular weight is 476 g/mol. The standard InChI is InChI=1S/C24H28F3N5O2/c1-15-20(16(2)32-23(28-15)29-22(30-32)24(25,26)27)8-9-21(33)31-12-10-18(11-13-31)14-17-4-6-19(34-3)7-5-17/h4-7,18H,8-14H2,1-3H3. The smallest absolute Gasteiger partial charge is 0.453 e. The normalized spacial score (nSPS) is 15.2. The van der Waals surface area contributed by atoms with Crippen molar-refractivity contribution < 1.29 is 22.7 Å². The van der Waals surface area contributed by atoms with Crippen molar-refractivity contribution in [2.75, 3.05) is 20.2 Å². The fourth-order valence-corrected chi connectivity index (χ4v) is 4.56. The highest BCUT2D eigenvalue weighted by Gasteiger charge is 2.37. The molecule has 0 spiro atoms. The van der Waals surface area contributed by atoms with E-state index in [1.54, 1.807) is 21.0 Å². The number of likely N-dealkylation sites (tertiary alicyclic amines) is 1. The van der Waals surface area contributed by atoms with Gasteiger partial charge in [0, 0.05) is 30.9 Å². The zero-order chi connectivity index (χ0) is 24.5. The number of benzene rings is 1. The summed E-state index contributed by atoms with van der Waals surface area (Å²) in [4.78, 5) is 22.4. The van der Waals surface area contributed by atoms with Crippen LogP contribution < -0.4 is 4.74 Å². The van der Waals surface area contributed by atoms with Crippen LogP contribution in [-0.2, 0) is 23.8 Å². The van der Waals surface area contributed by atoms with Gasteiger partial charge in [-0.05, 0) is 68.7 Å². The highest BCUT2D eigenvalue weighted by molar-refractivity contribution is 5.76. The Morgan fingerprint density at radius 1 is 1.12 bits per heavy atom. The first-order valence-corrected chi connectivity index (χ1v) is 11.4. The molecule has 34 heavy (non-hydrogen) atoms. The number of piperidine rings is 1. The summed E-state index contributed by atoms with van der Waals surface area (Å²) < 4.78 is 45.2. The van der Waals surface area contributed by atoms with Crippen LogP contribution in [0.3, 0.4) is 0 Å². The van der Waals surface area contributed by atoms with Gasteiger partial charge in [0.2, 0.25) is 5.91 Å². The number of halogens is 3. The number of carbonyl (C=O) groups excluding carboxylic acids is 1. The Balaban J connectivity index is 1.34. The maximum atomic E-state index is 13.0. The van der Waals surface area contributed by atoms with Crippen molar-refractivity contribution in [1.29, 1.82) is 0 Å². The predicted octanol–water partition coefficient (Wildman–Crippen LogP) is 4.18. The van der Waals surface area contributed by atoms with Crippen molar-refractivity contribution in [3.05, 3.63) is 52.6 Å². The first kappa shape index (κ1) is 24.0. The van der Waals surface area contributed by atoms with Gasteiger partial charge in [0.25, 0.3) is 11.6 Å². The third-order valence-electron chi connectivity index (χ3n) is 6.54. The van der Waals surface area contributed by atoms with Crippen LogP contribution in [0.5, 0.6) is 5.75 Å². The van der Waals surface area contributed by atoms with E-state index in [9.17, 15) is 18.0 Å².